The van der Waals surface area contributed by atoms with E-state index in [-0.39, 0.29) is 23.3 Å². The highest BCUT2D eigenvalue weighted by Gasteiger charge is 2.21. The van der Waals surface area contributed by atoms with Gasteiger partial charge in [-0.15, -0.1) is 12.4 Å². The van der Waals surface area contributed by atoms with E-state index in [4.69, 9.17) is 11.6 Å². The van der Waals surface area contributed by atoms with Gasteiger partial charge < -0.3 is 5.32 Å². The van der Waals surface area contributed by atoms with Crippen LogP contribution in [0, 0.1) is 0 Å². The Morgan fingerprint density at radius 1 is 1.18 bits per heavy atom. The van der Waals surface area contributed by atoms with Crippen molar-refractivity contribution in [1.82, 2.24) is 10.0 Å². The van der Waals surface area contributed by atoms with Crippen LogP contribution in [0.2, 0.25) is 5.02 Å². The number of rotatable bonds is 4. The smallest absolute Gasteiger partial charge is 0.241 e. The predicted molar refractivity (Wildman–Crippen MR) is 92.4 cm³/mol. The monoisotopic (exact) mass is 360 g/mol. The van der Waals surface area contributed by atoms with Crippen molar-refractivity contribution in [2.24, 2.45) is 0 Å². The van der Waals surface area contributed by atoms with E-state index in [1.165, 1.54) is 0 Å². The van der Waals surface area contributed by atoms with Crippen LogP contribution in [-0.2, 0) is 10.0 Å². The zero-order valence-electron chi connectivity index (χ0n) is 11.9. The van der Waals surface area contributed by atoms with Crippen molar-refractivity contribution in [1.29, 1.82) is 0 Å². The molecule has 0 bridgehead atoms. The van der Waals surface area contributed by atoms with Crippen LogP contribution in [0.1, 0.15) is 12.8 Å². The SMILES string of the molecule is Cl.O=S(=O)(NCC1CCCN1)c1ccc(Cl)c2ccccc12. The number of halogens is 2. The van der Waals surface area contributed by atoms with Crippen molar-refractivity contribution >= 4 is 44.8 Å². The lowest BCUT2D eigenvalue weighted by atomic mass is 10.1. The average molecular weight is 361 g/mol. The van der Waals surface area contributed by atoms with Gasteiger partial charge in [-0.1, -0.05) is 35.9 Å². The normalized spacial score (nSPS) is 18.3. The van der Waals surface area contributed by atoms with Gasteiger partial charge in [-0.05, 0) is 31.5 Å². The fourth-order valence-corrected chi connectivity index (χ4v) is 4.21. The van der Waals surface area contributed by atoms with Gasteiger partial charge in [0, 0.05) is 28.4 Å². The van der Waals surface area contributed by atoms with Crippen LogP contribution < -0.4 is 10.0 Å². The van der Waals surface area contributed by atoms with Crippen LogP contribution in [0.15, 0.2) is 41.3 Å². The number of hydrogen-bond donors (Lipinski definition) is 2. The lowest BCUT2D eigenvalue weighted by molar-refractivity contribution is 0.552. The molecule has 4 nitrogen and oxygen atoms in total. The molecule has 1 saturated heterocycles. The van der Waals surface area contributed by atoms with Gasteiger partial charge in [0.1, 0.15) is 0 Å². The van der Waals surface area contributed by atoms with Gasteiger partial charge in [0.25, 0.3) is 0 Å². The molecule has 0 saturated carbocycles. The molecular formula is C15H18Cl2N2O2S. The number of fused-ring (bicyclic) bond motifs is 1. The van der Waals surface area contributed by atoms with E-state index < -0.39 is 10.0 Å². The number of nitrogens with one attached hydrogen (secondary N) is 2. The van der Waals surface area contributed by atoms with E-state index in [2.05, 4.69) is 10.0 Å². The second kappa shape index (κ2) is 7.15. The van der Waals surface area contributed by atoms with Crippen molar-refractivity contribution in [3.05, 3.63) is 41.4 Å². The number of hydrogen-bond acceptors (Lipinski definition) is 3. The van der Waals surface area contributed by atoms with Crippen molar-refractivity contribution in [3.8, 4) is 0 Å². The van der Waals surface area contributed by atoms with E-state index in [0.717, 1.165) is 24.8 Å². The first kappa shape index (κ1) is 17.5. The summed E-state index contributed by atoms with van der Waals surface area (Å²) in [6.45, 7) is 1.37. The van der Waals surface area contributed by atoms with Gasteiger partial charge in [-0.3, -0.25) is 0 Å². The predicted octanol–water partition coefficient (Wildman–Crippen LogP) is 2.95. The Bertz CT molecular complexity index is 759. The molecule has 1 aliphatic heterocycles. The van der Waals surface area contributed by atoms with Crippen molar-refractivity contribution in [3.63, 3.8) is 0 Å². The summed E-state index contributed by atoms with van der Waals surface area (Å²) in [6.07, 6.45) is 2.10. The molecule has 0 amide bonds. The summed E-state index contributed by atoms with van der Waals surface area (Å²) >= 11 is 6.13. The van der Waals surface area contributed by atoms with Crippen molar-refractivity contribution < 1.29 is 8.42 Å². The van der Waals surface area contributed by atoms with Gasteiger partial charge in [0.15, 0.2) is 0 Å². The Balaban J connectivity index is 0.00000176. The molecule has 0 radical (unpaired) electrons. The third-order valence-corrected chi connectivity index (χ3v) is 5.61. The maximum atomic E-state index is 12.5. The number of sulfonamides is 1. The van der Waals surface area contributed by atoms with Crippen LogP contribution >= 0.6 is 24.0 Å². The van der Waals surface area contributed by atoms with Crippen LogP contribution in [0.4, 0.5) is 0 Å². The molecule has 1 atom stereocenters. The molecule has 120 valence electrons. The minimum atomic E-state index is -3.54. The molecule has 2 aromatic rings. The summed E-state index contributed by atoms with van der Waals surface area (Å²) in [4.78, 5) is 0.278. The first-order valence-electron chi connectivity index (χ1n) is 6.98. The first-order chi connectivity index (χ1) is 10.1. The van der Waals surface area contributed by atoms with Crippen LogP contribution in [-0.4, -0.2) is 27.5 Å². The minimum absolute atomic E-state index is 0. The standard InChI is InChI=1S/C15H17ClN2O2S.ClH/c16-14-7-8-15(13-6-2-1-5-12(13)14)21(19,20)18-10-11-4-3-9-17-11;/h1-2,5-8,11,17-18H,3-4,9-10H2;1H. The summed E-state index contributed by atoms with van der Waals surface area (Å²) in [5, 5.41) is 5.24. The molecule has 22 heavy (non-hydrogen) atoms. The molecule has 3 rings (SSSR count). The summed E-state index contributed by atoms with van der Waals surface area (Å²) in [5.74, 6) is 0. The molecular weight excluding hydrogens is 343 g/mol. The minimum Gasteiger partial charge on any atom is -0.313 e. The van der Waals surface area contributed by atoms with Crippen molar-refractivity contribution in [2.75, 3.05) is 13.1 Å². The maximum Gasteiger partial charge on any atom is 0.241 e. The quantitative estimate of drug-likeness (QED) is 0.880. The Hall–Kier alpha value is -0.850. The molecule has 1 aliphatic rings. The van der Waals surface area contributed by atoms with Gasteiger partial charge >= 0.3 is 0 Å². The second-order valence-electron chi connectivity index (χ2n) is 5.24. The van der Waals surface area contributed by atoms with Gasteiger partial charge in [0.2, 0.25) is 10.0 Å². The zero-order chi connectivity index (χ0) is 14.9. The van der Waals surface area contributed by atoms with E-state index in [9.17, 15) is 8.42 Å². The highest BCUT2D eigenvalue weighted by atomic mass is 35.5. The Labute approximate surface area is 141 Å². The summed E-state index contributed by atoms with van der Waals surface area (Å²) in [6, 6.07) is 10.7. The Kier molecular flexibility index (Phi) is 5.69. The lowest BCUT2D eigenvalue weighted by Crippen LogP contribution is -2.37. The maximum absolute atomic E-state index is 12.5. The fourth-order valence-electron chi connectivity index (χ4n) is 2.69. The largest absolute Gasteiger partial charge is 0.313 e. The third kappa shape index (κ3) is 3.55. The van der Waals surface area contributed by atoms with E-state index in [0.29, 0.717) is 17.0 Å². The van der Waals surface area contributed by atoms with Crippen LogP contribution in [0.3, 0.4) is 0 Å². The molecule has 0 aromatic heterocycles. The van der Waals surface area contributed by atoms with E-state index in [1.54, 1.807) is 18.2 Å². The molecule has 0 aliphatic carbocycles. The Morgan fingerprint density at radius 2 is 1.91 bits per heavy atom. The number of benzene rings is 2. The molecule has 2 N–H and O–H groups in total. The van der Waals surface area contributed by atoms with Gasteiger partial charge in [0.05, 0.1) is 4.90 Å². The topological polar surface area (TPSA) is 58.2 Å². The fraction of sp³-hybridized carbons (Fsp3) is 0.333. The molecule has 7 heteroatoms. The Morgan fingerprint density at radius 3 is 2.59 bits per heavy atom. The first-order valence-corrected chi connectivity index (χ1v) is 8.84. The van der Waals surface area contributed by atoms with Gasteiger partial charge in [-0.25, -0.2) is 13.1 Å². The van der Waals surface area contributed by atoms with E-state index >= 15 is 0 Å². The average Bonchev–Trinajstić information content (AvgIpc) is 2.99. The summed E-state index contributed by atoms with van der Waals surface area (Å²) in [5.41, 5.74) is 0. The van der Waals surface area contributed by atoms with Crippen LogP contribution in [0.5, 0.6) is 0 Å². The lowest BCUT2D eigenvalue weighted by Gasteiger charge is -2.13. The third-order valence-electron chi connectivity index (χ3n) is 3.80. The highest BCUT2D eigenvalue weighted by molar-refractivity contribution is 7.89. The molecule has 0 spiro atoms. The zero-order valence-corrected chi connectivity index (χ0v) is 14.3. The molecule has 1 fully saturated rings. The van der Waals surface area contributed by atoms with Gasteiger partial charge in [-0.2, -0.15) is 0 Å². The van der Waals surface area contributed by atoms with Crippen LogP contribution in [0.25, 0.3) is 10.8 Å². The van der Waals surface area contributed by atoms with E-state index in [1.807, 2.05) is 18.2 Å². The second-order valence-corrected chi connectivity index (χ2v) is 7.38. The summed E-state index contributed by atoms with van der Waals surface area (Å²) in [7, 11) is -3.54. The molecule has 1 unspecified atom stereocenters. The molecule has 1 heterocycles. The van der Waals surface area contributed by atoms with Crippen molar-refractivity contribution in [2.45, 2.75) is 23.8 Å². The molecule has 2 aromatic carbocycles. The summed E-state index contributed by atoms with van der Waals surface area (Å²) < 4.78 is 27.8. The highest BCUT2D eigenvalue weighted by Crippen LogP contribution is 2.29.